The molecule has 2 amide bonds. The van der Waals surface area contributed by atoms with Crippen molar-refractivity contribution >= 4 is 34.8 Å². The monoisotopic (exact) mass is 358 g/mol. The van der Waals surface area contributed by atoms with E-state index in [0.717, 1.165) is 6.42 Å². The van der Waals surface area contributed by atoms with Crippen molar-refractivity contribution in [3.05, 3.63) is 21.3 Å². The summed E-state index contributed by atoms with van der Waals surface area (Å²) in [6.07, 6.45) is 1.39. The quantitative estimate of drug-likeness (QED) is 0.886. The lowest BCUT2D eigenvalue weighted by Crippen LogP contribution is -2.48. The Morgan fingerprint density at radius 1 is 1.39 bits per heavy atom. The number of nitrogens with zero attached hydrogens (tertiary/aromatic N) is 1. The lowest BCUT2D eigenvalue weighted by molar-refractivity contribution is -0.127. The van der Waals surface area contributed by atoms with Crippen molar-refractivity contribution in [1.29, 1.82) is 0 Å². The van der Waals surface area contributed by atoms with Crippen molar-refractivity contribution < 1.29 is 19.1 Å². The second-order valence-electron chi connectivity index (χ2n) is 5.57. The number of hydrogen-bond acceptors (Lipinski definition) is 5. The second-order valence-corrected chi connectivity index (χ2v) is 7.29. The van der Waals surface area contributed by atoms with Gasteiger partial charge in [0.25, 0.3) is 5.91 Å². The van der Waals surface area contributed by atoms with Gasteiger partial charge in [0.1, 0.15) is 6.04 Å². The van der Waals surface area contributed by atoms with E-state index in [1.165, 1.54) is 11.3 Å². The van der Waals surface area contributed by atoms with E-state index in [-0.39, 0.29) is 17.9 Å². The Balaban J connectivity index is 1.57. The Hall–Kier alpha value is -1.15. The van der Waals surface area contributed by atoms with Gasteiger partial charge in [0.15, 0.2) is 0 Å². The Labute approximate surface area is 143 Å². The summed E-state index contributed by atoms with van der Waals surface area (Å²) < 4.78 is 11.4. The topological polar surface area (TPSA) is 67.9 Å². The summed E-state index contributed by atoms with van der Waals surface area (Å²) in [5, 5.41) is 2.88. The van der Waals surface area contributed by atoms with E-state index < -0.39 is 6.04 Å². The first-order chi connectivity index (χ1) is 11.1. The number of rotatable bonds is 4. The van der Waals surface area contributed by atoms with Crippen LogP contribution in [-0.2, 0) is 14.3 Å². The highest BCUT2D eigenvalue weighted by Gasteiger charge is 2.35. The third-order valence-electron chi connectivity index (χ3n) is 3.99. The Morgan fingerprint density at radius 3 is 2.96 bits per heavy atom. The molecule has 0 saturated carbocycles. The largest absolute Gasteiger partial charge is 0.376 e. The summed E-state index contributed by atoms with van der Waals surface area (Å²) in [5.41, 5.74) is 0. The van der Waals surface area contributed by atoms with E-state index in [4.69, 9.17) is 21.1 Å². The molecular weight excluding hydrogens is 340 g/mol. The lowest BCUT2D eigenvalue weighted by Gasteiger charge is -2.26. The third kappa shape index (κ3) is 4.03. The molecule has 0 spiro atoms. The number of nitrogens with one attached hydrogen (secondary N) is 1. The van der Waals surface area contributed by atoms with Gasteiger partial charge in [0.2, 0.25) is 5.91 Å². The minimum Gasteiger partial charge on any atom is -0.376 e. The maximum absolute atomic E-state index is 12.5. The van der Waals surface area contributed by atoms with Gasteiger partial charge in [-0.1, -0.05) is 11.6 Å². The molecule has 0 radical (unpaired) electrons. The molecule has 0 aromatic carbocycles. The van der Waals surface area contributed by atoms with Gasteiger partial charge in [-0.05, 0) is 25.0 Å². The maximum Gasteiger partial charge on any atom is 0.264 e. The summed E-state index contributed by atoms with van der Waals surface area (Å²) in [6.45, 7) is 2.63. The van der Waals surface area contributed by atoms with Crippen molar-refractivity contribution in [2.45, 2.75) is 25.0 Å². The first-order valence-electron chi connectivity index (χ1n) is 7.68. The number of hydrogen-bond donors (Lipinski definition) is 1. The molecule has 1 aromatic rings. The van der Waals surface area contributed by atoms with Crippen LogP contribution in [0.15, 0.2) is 12.1 Å². The van der Waals surface area contributed by atoms with Crippen LogP contribution < -0.4 is 5.32 Å². The first kappa shape index (κ1) is 16.7. The van der Waals surface area contributed by atoms with Crippen molar-refractivity contribution in [2.75, 3.05) is 32.9 Å². The van der Waals surface area contributed by atoms with Gasteiger partial charge in [-0.15, -0.1) is 11.3 Å². The molecule has 8 heteroatoms. The van der Waals surface area contributed by atoms with Crippen LogP contribution in [0, 0.1) is 0 Å². The molecular formula is C15H19ClN2O4S. The third-order valence-corrected chi connectivity index (χ3v) is 5.21. The number of halogens is 1. The molecule has 2 atom stereocenters. The number of likely N-dealkylation sites (tertiary alicyclic amines) is 1. The van der Waals surface area contributed by atoms with Crippen molar-refractivity contribution in [3.8, 4) is 0 Å². The molecule has 2 fully saturated rings. The predicted octanol–water partition coefficient (Wildman–Crippen LogP) is 1.54. The molecule has 0 unspecified atom stereocenters. The molecule has 1 aromatic heterocycles. The van der Waals surface area contributed by atoms with Crippen molar-refractivity contribution in [2.24, 2.45) is 0 Å². The molecule has 6 nitrogen and oxygen atoms in total. The van der Waals surface area contributed by atoms with Gasteiger partial charge in [0, 0.05) is 13.1 Å². The van der Waals surface area contributed by atoms with E-state index in [1.807, 2.05) is 0 Å². The minimum atomic E-state index is -0.423. The highest BCUT2D eigenvalue weighted by atomic mass is 35.5. The molecule has 2 saturated heterocycles. The molecule has 3 rings (SSSR count). The van der Waals surface area contributed by atoms with Crippen LogP contribution in [0.2, 0.25) is 4.34 Å². The maximum atomic E-state index is 12.5. The highest BCUT2D eigenvalue weighted by molar-refractivity contribution is 7.17. The number of amides is 2. The fourth-order valence-corrected chi connectivity index (χ4v) is 3.84. The minimum absolute atomic E-state index is 0.116. The summed E-state index contributed by atoms with van der Waals surface area (Å²) in [4.78, 5) is 27.2. The number of ether oxygens (including phenoxy) is 2. The Morgan fingerprint density at radius 2 is 2.26 bits per heavy atom. The fourth-order valence-electron chi connectivity index (χ4n) is 2.84. The van der Waals surface area contributed by atoms with Crippen LogP contribution >= 0.6 is 22.9 Å². The van der Waals surface area contributed by atoms with Gasteiger partial charge < -0.3 is 19.7 Å². The standard InChI is InChI=1S/C15H19ClN2O4S/c16-13-4-3-12(23-13)15(20)18-5-1-2-11(18)14(19)17-8-10-9-21-6-7-22-10/h3-4,10-11H,1-2,5-9H2,(H,17,19)/t10-,11-/m0/s1. The van der Waals surface area contributed by atoms with E-state index in [9.17, 15) is 9.59 Å². The van der Waals surface area contributed by atoms with Gasteiger partial charge in [-0.25, -0.2) is 0 Å². The molecule has 0 aliphatic carbocycles. The van der Waals surface area contributed by atoms with Crippen LogP contribution in [0.4, 0.5) is 0 Å². The SMILES string of the molecule is O=C(NC[C@H]1COCCO1)[C@@H]1CCCN1C(=O)c1ccc(Cl)s1. The summed E-state index contributed by atoms with van der Waals surface area (Å²) in [5.74, 6) is -0.260. The van der Waals surface area contributed by atoms with E-state index in [2.05, 4.69) is 5.32 Å². The predicted molar refractivity (Wildman–Crippen MR) is 87.0 cm³/mol. The van der Waals surface area contributed by atoms with Crippen LogP contribution in [0.1, 0.15) is 22.5 Å². The molecule has 3 heterocycles. The summed E-state index contributed by atoms with van der Waals surface area (Å²) >= 11 is 7.13. The second kappa shape index (κ2) is 7.61. The van der Waals surface area contributed by atoms with Crippen molar-refractivity contribution in [3.63, 3.8) is 0 Å². The number of thiophene rings is 1. The molecule has 2 aliphatic heterocycles. The van der Waals surface area contributed by atoms with E-state index >= 15 is 0 Å². The van der Waals surface area contributed by atoms with Crippen LogP contribution in [0.5, 0.6) is 0 Å². The zero-order valence-electron chi connectivity index (χ0n) is 12.6. The average molecular weight is 359 g/mol. The smallest absolute Gasteiger partial charge is 0.264 e. The average Bonchev–Trinajstić information content (AvgIpc) is 3.22. The summed E-state index contributed by atoms with van der Waals surface area (Å²) in [6, 6.07) is 2.98. The van der Waals surface area contributed by atoms with E-state index in [1.54, 1.807) is 17.0 Å². The molecule has 0 bridgehead atoms. The normalized spacial score (nSPS) is 24.7. The van der Waals surface area contributed by atoms with Crippen LogP contribution in [0.25, 0.3) is 0 Å². The van der Waals surface area contributed by atoms with E-state index in [0.29, 0.717) is 48.5 Å². The fraction of sp³-hybridized carbons (Fsp3) is 0.600. The summed E-state index contributed by atoms with van der Waals surface area (Å²) in [7, 11) is 0. The number of carbonyl (C=O) groups is 2. The van der Waals surface area contributed by atoms with Gasteiger partial charge in [0.05, 0.1) is 35.1 Å². The Kier molecular flexibility index (Phi) is 5.53. The van der Waals surface area contributed by atoms with Gasteiger partial charge >= 0.3 is 0 Å². The lowest BCUT2D eigenvalue weighted by atomic mass is 10.2. The van der Waals surface area contributed by atoms with Crippen LogP contribution in [-0.4, -0.2) is 61.8 Å². The molecule has 23 heavy (non-hydrogen) atoms. The van der Waals surface area contributed by atoms with Gasteiger partial charge in [-0.2, -0.15) is 0 Å². The van der Waals surface area contributed by atoms with Crippen LogP contribution in [0.3, 0.4) is 0 Å². The Bertz CT molecular complexity index is 574. The highest BCUT2D eigenvalue weighted by Crippen LogP contribution is 2.26. The molecule has 1 N–H and O–H groups in total. The zero-order chi connectivity index (χ0) is 16.2. The molecule has 126 valence electrons. The number of carbonyl (C=O) groups excluding carboxylic acids is 2. The zero-order valence-corrected chi connectivity index (χ0v) is 14.2. The first-order valence-corrected chi connectivity index (χ1v) is 8.88. The van der Waals surface area contributed by atoms with Gasteiger partial charge in [-0.3, -0.25) is 9.59 Å². The van der Waals surface area contributed by atoms with Crippen molar-refractivity contribution in [1.82, 2.24) is 10.2 Å². The molecule has 2 aliphatic rings.